The molecule has 3 N–H and O–H groups in total. The zero-order valence-electron chi connectivity index (χ0n) is 15.8. The van der Waals surface area contributed by atoms with Crippen LogP contribution in [0.1, 0.15) is 20.7 Å². The quantitative estimate of drug-likeness (QED) is 0.512. The van der Waals surface area contributed by atoms with Crippen LogP contribution in [-0.4, -0.2) is 23.9 Å². The number of carbonyl (C=O) groups excluding carboxylic acids is 2. The number of benzene rings is 2. The van der Waals surface area contributed by atoms with Gasteiger partial charge in [0, 0.05) is 22.5 Å². The number of aromatic nitrogens is 1. The maximum atomic E-state index is 12.9. The van der Waals surface area contributed by atoms with Gasteiger partial charge in [-0.1, -0.05) is 12.1 Å². The topological polar surface area (TPSA) is 120 Å². The van der Waals surface area contributed by atoms with Crippen molar-refractivity contribution in [2.24, 2.45) is 10.7 Å². The molecule has 0 atom stereocenters. The molecule has 0 spiro atoms. The molecule has 0 saturated heterocycles. The van der Waals surface area contributed by atoms with E-state index in [0.29, 0.717) is 33.1 Å². The van der Waals surface area contributed by atoms with Crippen molar-refractivity contribution >= 4 is 44.9 Å². The monoisotopic (exact) mass is 420 g/mol. The van der Waals surface area contributed by atoms with Gasteiger partial charge in [0.2, 0.25) is 11.5 Å². The van der Waals surface area contributed by atoms with Crippen LogP contribution < -0.4 is 21.3 Å². The number of carbonyl (C=O) groups is 2. The molecule has 0 aliphatic heterocycles. The average molecular weight is 420 g/mol. The largest absolute Gasteiger partial charge is 0.493 e. The Morgan fingerprint density at radius 1 is 1.20 bits per heavy atom. The first-order chi connectivity index (χ1) is 14.5. The zero-order chi connectivity index (χ0) is 21.1. The molecule has 0 aliphatic rings. The number of hydrogen-bond donors (Lipinski definition) is 2. The first-order valence-electron chi connectivity index (χ1n) is 8.81. The minimum Gasteiger partial charge on any atom is -0.493 e. The fourth-order valence-corrected chi connectivity index (χ4v) is 3.32. The lowest BCUT2D eigenvalue weighted by atomic mass is 10.1. The van der Waals surface area contributed by atoms with Gasteiger partial charge in [-0.2, -0.15) is 0 Å². The normalized spacial score (nSPS) is 11.4. The highest BCUT2D eigenvalue weighted by Crippen LogP contribution is 2.25. The fraction of sp³-hybridized carbons (Fsp3) is 0.0476. The number of thiazole rings is 1. The van der Waals surface area contributed by atoms with Crippen LogP contribution in [0, 0.1) is 0 Å². The number of nitrogens with one attached hydrogen (secondary N) is 1. The number of methoxy groups -OCH3 is 1. The third kappa shape index (κ3) is 3.91. The zero-order valence-corrected chi connectivity index (χ0v) is 16.6. The van der Waals surface area contributed by atoms with Crippen LogP contribution in [0.15, 0.2) is 69.5 Å². The van der Waals surface area contributed by atoms with E-state index in [-0.39, 0.29) is 11.1 Å². The van der Waals surface area contributed by atoms with E-state index in [1.165, 1.54) is 18.4 Å². The van der Waals surface area contributed by atoms with Gasteiger partial charge in [0.25, 0.3) is 5.91 Å². The van der Waals surface area contributed by atoms with Gasteiger partial charge in [-0.15, -0.1) is 11.3 Å². The van der Waals surface area contributed by atoms with Crippen LogP contribution in [-0.2, 0) is 0 Å². The van der Waals surface area contributed by atoms with Crippen molar-refractivity contribution in [2.45, 2.75) is 0 Å². The molecule has 2 heterocycles. The van der Waals surface area contributed by atoms with Crippen molar-refractivity contribution in [1.29, 1.82) is 0 Å². The van der Waals surface area contributed by atoms with Crippen molar-refractivity contribution < 1.29 is 18.7 Å². The summed E-state index contributed by atoms with van der Waals surface area (Å²) in [5.74, 6) is -0.434. The molecule has 2 aromatic heterocycles. The van der Waals surface area contributed by atoms with E-state index in [9.17, 15) is 9.59 Å². The lowest BCUT2D eigenvalue weighted by molar-refractivity contribution is 0.0997. The minimum absolute atomic E-state index is 0.0906. The van der Waals surface area contributed by atoms with Gasteiger partial charge in [0.15, 0.2) is 16.5 Å². The fourth-order valence-electron chi connectivity index (χ4n) is 2.80. The highest BCUT2D eigenvalue weighted by Gasteiger charge is 2.16. The Bertz CT molecular complexity index is 1300. The molecule has 4 rings (SSSR count). The molecule has 9 heteroatoms. The summed E-state index contributed by atoms with van der Waals surface area (Å²) in [6, 6.07) is 13.4. The summed E-state index contributed by atoms with van der Waals surface area (Å²) in [4.78, 5) is 32.7. The van der Waals surface area contributed by atoms with Crippen molar-refractivity contribution in [3.8, 4) is 5.75 Å². The summed E-state index contributed by atoms with van der Waals surface area (Å²) >= 11 is 1.30. The molecule has 8 nitrogen and oxygen atoms in total. The molecule has 2 amide bonds. The van der Waals surface area contributed by atoms with Crippen molar-refractivity contribution in [3.63, 3.8) is 0 Å². The number of ether oxygens (including phenoxy) is 1. The van der Waals surface area contributed by atoms with Crippen molar-refractivity contribution in [2.75, 3.05) is 12.4 Å². The average Bonchev–Trinajstić information content (AvgIpc) is 3.26. The van der Waals surface area contributed by atoms with Crippen molar-refractivity contribution in [1.82, 2.24) is 4.98 Å². The van der Waals surface area contributed by atoms with Gasteiger partial charge in [0.05, 0.1) is 12.8 Å². The van der Waals surface area contributed by atoms with Gasteiger partial charge in [-0.3, -0.25) is 14.9 Å². The third-order valence-corrected chi connectivity index (χ3v) is 4.93. The predicted octanol–water partition coefficient (Wildman–Crippen LogP) is 3.48. The van der Waals surface area contributed by atoms with E-state index >= 15 is 0 Å². The van der Waals surface area contributed by atoms with Crippen LogP contribution >= 0.6 is 11.3 Å². The van der Waals surface area contributed by atoms with E-state index in [2.05, 4.69) is 15.3 Å². The Labute approximate surface area is 174 Å². The highest BCUT2D eigenvalue weighted by atomic mass is 32.1. The first-order valence-corrected chi connectivity index (χ1v) is 9.69. The molecule has 4 aromatic rings. The maximum absolute atomic E-state index is 12.9. The number of nitrogens with two attached hydrogens (primary N) is 1. The summed E-state index contributed by atoms with van der Waals surface area (Å²) in [6.07, 6.45) is 1.60. The molecular weight excluding hydrogens is 404 g/mol. The number of amides is 2. The molecule has 0 aliphatic carbocycles. The molecule has 2 aromatic carbocycles. The Hall–Kier alpha value is -3.98. The summed E-state index contributed by atoms with van der Waals surface area (Å²) in [5, 5.41) is 5.64. The Kier molecular flexibility index (Phi) is 5.27. The predicted molar refractivity (Wildman–Crippen MR) is 113 cm³/mol. The van der Waals surface area contributed by atoms with E-state index in [0.717, 1.165) is 0 Å². The summed E-state index contributed by atoms with van der Waals surface area (Å²) < 4.78 is 11.3. The molecule has 0 unspecified atom stereocenters. The number of rotatable bonds is 5. The molecule has 0 fully saturated rings. The minimum atomic E-state index is -0.537. The molecule has 0 bridgehead atoms. The van der Waals surface area contributed by atoms with E-state index < -0.39 is 11.8 Å². The lowest BCUT2D eigenvalue weighted by Crippen LogP contribution is -2.21. The van der Waals surface area contributed by atoms with Gasteiger partial charge in [-0.25, -0.2) is 9.98 Å². The second-order valence-corrected chi connectivity index (χ2v) is 7.05. The van der Waals surface area contributed by atoms with E-state index in [1.807, 2.05) is 6.07 Å². The molecule has 0 saturated carbocycles. The number of primary amides is 1. The molecular formula is C21H16N4O4S. The van der Waals surface area contributed by atoms with Gasteiger partial charge in [0.1, 0.15) is 5.56 Å². The number of nitrogens with zero attached hydrogens (tertiary/aromatic N) is 2. The maximum Gasteiger partial charge on any atom is 0.262 e. The number of anilines is 1. The molecule has 150 valence electrons. The van der Waals surface area contributed by atoms with Crippen LogP contribution in [0.2, 0.25) is 0 Å². The third-order valence-electron chi connectivity index (χ3n) is 4.24. The second-order valence-electron chi connectivity index (χ2n) is 6.16. The van der Waals surface area contributed by atoms with Crippen LogP contribution in [0.4, 0.5) is 10.8 Å². The summed E-state index contributed by atoms with van der Waals surface area (Å²) in [6.45, 7) is 0. The van der Waals surface area contributed by atoms with Crippen LogP contribution in [0.5, 0.6) is 5.75 Å². The summed E-state index contributed by atoms with van der Waals surface area (Å²) in [7, 11) is 1.53. The number of para-hydroxylation sites is 1. The second kappa shape index (κ2) is 8.18. The smallest absolute Gasteiger partial charge is 0.262 e. The SMILES string of the molecule is COc1cccc2cc(C(=O)Nc3nccs3)c(=Nc3ccc(C(N)=O)cc3)oc12. The number of hydrogen-bond acceptors (Lipinski definition) is 7. The lowest BCUT2D eigenvalue weighted by Gasteiger charge is -2.08. The van der Waals surface area contributed by atoms with Gasteiger partial charge >= 0.3 is 0 Å². The Balaban J connectivity index is 1.87. The Morgan fingerprint density at radius 3 is 2.67 bits per heavy atom. The first kappa shape index (κ1) is 19.3. The van der Waals surface area contributed by atoms with E-state index in [4.69, 9.17) is 14.9 Å². The van der Waals surface area contributed by atoms with Crippen molar-refractivity contribution in [3.05, 3.63) is 76.8 Å². The standard InChI is InChI=1S/C21H16N4O4S/c1-28-16-4-2-3-13-11-15(19(27)25-21-23-9-10-30-21)20(29-17(13)16)24-14-7-5-12(6-8-14)18(22)26/h2-11H,1H3,(H2,22,26)(H,23,25,27). The Morgan fingerprint density at radius 2 is 2.00 bits per heavy atom. The van der Waals surface area contributed by atoms with Crippen LogP contribution in [0.25, 0.3) is 11.0 Å². The van der Waals surface area contributed by atoms with Crippen LogP contribution in [0.3, 0.4) is 0 Å². The molecule has 0 radical (unpaired) electrons. The highest BCUT2D eigenvalue weighted by molar-refractivity contribution is 7.13. The number of fused-ring (bicyclic) bond motifs is 1. The summed E-state index contributed by atoms with van der Waals surface area (Å²) in [5.41, 5.74) is 6.89. The van der Waals surface area contributed by atoms with Gasteiger partial charge < -0.3 is 14.9 Å². The van der Waals surface area contributed by atoms with E-state index in [1.54, 1.807) is 54.0 Å². The molecule has 30 heavy (non-hydrogen) atoms. The van der Waals surface area contributed by atoms with Gasteiger partial charge in [-0.05, 0) is 36.4 Å².